The van der Waals surface area contributed by atoms with E-state index in [2.05, 4.69) is 112 Å². The highest BCUT2D eigenvalue weighted by Crippen LogP contribution is 2.39. The van der Waals surface area contributed by atoms with Crippen LogP contribution in [-0.4, -0.2) is 0 Å². The molecule has 0 aromatic heterocycles. The SMILES string of the molecule is CC(Cc1cccc(C(C)(C)C)c1)c1cccc(C(C)(C)C)c1C(C)(C)C. The molecule has 0 N–H and O–H groups in total. The summed E-state index contributed by atoms with van der Waals surface area (Å²) < 4.78 is 0. The van der Waals surface area contributed by atoms with Gasteiger partial charge in [-0.15, -0.1) is 0 Å². The standard InChI is InChI=1S/C27H40/c1-19(17-20-13-11-14-21(18-20)25(2,3)4)22-15-12-16-23(26(5,6)7)24(22)27(8,9)10/h11-16,18-19H,17H2,1-10H3. The van der Waals surface area contributed by atoms with Crippen LogP contribution in [0.1, 0.15) is 103 Å². The molecule has 0 heteroatoms. The molecule has 0 heterocycles. The van der Waals surface area contributed by atoms with Crippen LogP contribution in [0.2, 0.25) is 0 Å². The van der Waals surface area contributed by atoms with E-state index in [9.17, 15) is 0 Å². The lowest BCUT2D eigenvalue weighted by atomic mass is 9.71. The van der Waals surface area contributed by atoms with E-state index in [0.29, 0.717) is 5.92 Å². The minimum absolute atomic E-state index is 0.140. The highest BCUT2D eigenvalue weighted by atomic mass is 14.3. The van der Waals surface area contributed by atoms with Crippen molar-refractivity contribution >= 4 is 0 Å². The Balaban J connectivity index is 2.47. The highest BCUT2D eigenvalue weighted by molar-refractivity contribution is 5.45. The zero-order valence-corrected chi connectivity index (χ0v) is 19.3. The van der Waals surface area contributed by atoms with E-state index in [1.54, 1.807) is 0 Å². The molecule has 27 heavy (non-hydrogen) atoms. The molecule has 0 radical (unpaired) electrons. The Morgan fingerprint density at radius 1 is 0.704 bits per heavy atom. The zero-order valence-electron chi connectivity index (χ0n) is 19.3. The van der Waals surface area contributed by atoms with Crippen LogP contribution < -0.4 is 0 Å². The fourth-order valence-electron chi connectivity index (χ4n) is 4.07. The third kappa shape index (κ3) is 5.24. The molecule has 0 fully saturated rings. The van der Waals surface area contributed by atoms with E-state index in [0.717, 1.165) is 6.42 Å². The van der Waals surface area contributed by atoms with Crippen LogP contribution >= 0.6 is 0 Å². The van der Waals surface area contributed by atoms with Gasteiger partial charge in [-0.2, -0.15) is 0 Å². The average molecular weight is 365 g/mol. The van der Waals surface area contributed by atoms with Crippen LogP contribution in [0.3, 0.4) is 0 Å². The summed E-state index contributed by atoms with van der Waals surface area (Å²) in [5.41, 5.74) is 7.89. The van der Waals surface area contributed by atoms with Gasteiger partial charge in [0.1, 0.15) is 0 Å². The summed E-state index contributed by atoms with van der Waals surface area (Å²) in [5, 5.41) is 0. The van der Waals surface area contributed by atoms with Crippen LogP contribution in [0.15, 0.2) is 42.5 Å². The van der Waals surface area contributed by atoms with Gasteiger partial charge in [0, 0.05) is 0 Å². The maximum atomic E-state index is 2.40. The van der Waals surface area contributed by atoms with Gasteiger partial charge in [0.05, 0.1) is 0 Å². The molecule has 0 aliphatic heterocycles. The van der Waals surface area contributed by atoms with Crippen molar-refractivity contribution in [3.8, 4) is 0 Å². The minimum Gasteiger partial charge on any atom is -0.0617 e. The Morgan fingerprint density at radius 2 is 1.30 bits per heavy atom. The summed E-state index contributed by atoms with van der Waals surface area (Å²) in [4.78, 5) is 0. The highest BCUT2D eigenvalue weighted by Gasteiger charge is 2.29. The van der Waals surface area contributed by atoms with Crippen LogP contribution in [0.4, 0.5) is 0 Å². The summed E-state index contributed by atoms with van der Waals surface area (Å²) in [6.07, 6.45) is 1.08. The Bertz CT molecular complexity index is 773. The molecule has 0 aliphatic carbocycles. The monoisotopic (exact) mass is 364 g/mol. The maximum Gasteiger partial charge on any atom is -0.0126 e. The Morgan fingerprint density at radius 3 is 1.81 bits per heavy atom. The minimum atomic E-state index is 0.140. The van der Waals surface area contributed by atoms with Crippen molar-refractivity contribution in [3.05, 3.63) is 70.3 Å². The normalized spacial score (nSPS) is 14.3. The molecule has 0 bridgehead atoms. The van der Waals surface area contributed by atoms with Crippen molar-refractivity contribution < 1.29 is 0 Å². The molecule has 2 rings (SSSR count). The van der Waals surface area contributed by atoms with Crippen molar-refractivity contribution in [2.24, 2.45) is 0 Å². The lowest BCUT2D eigenvalue weighted by Crippen LogP contribution is -2.24. The van der Waals surface area contributed by atoms with Gasteiger partial charge >= 0.3 is 0 Å². The fraction of sp³-hybridized carbons (Fsp3) is 0.556. The average Bonchev–Trinajstić information content (AvgIpc) is 2.52. The molecule has 0 amide bonds. The second-order valence-corrected chi connectivity index (χ2v) is 11.3. The largest absolute Gasteiger partial charge is 0.0617 e. The summed E-state index contributed by atoms with van der Waals surface area (Å²) in [6, 6.07) is 16.1. The maximum absolute atomic E-state index is 2.40. The summed E-state index contributed by atoms with van der Waals surface area (Å²) in [5.74, 6) is 0.497. The molecule has 0 nitrogen and oxygen atoms in total. The van der Waals surface area contributed by atoms with Crippen molar-refractivity contribution in [1.82, 2.24) is 0 Å². The van der Waals surface area contributed by atoms with Crippen molar-refractivity contribution in [2.45, 2.75) is 97.8 Å². The molecule has 0 saturated carbocycles. The smallest absolute Gasteiger partial charge is 0.0126 e. The third-order valence-corrected chi connectivity index (χ3v) is 5.52. The number of benzene rings is 2. The molecular formula is C27H40. The van der Waals surface area contributed by atoms with E-state index in [1.165, 1.54) is 27.8 Å². The molecule has 1 atom stereocenters. The predicted molar refractivity (Wildman–Crippen MR) is 121 cm³/mol. The van der Waals surface area contributed by atoms with Gasteiger partial charge in [-0.1, -0.05) is 112 Å². The van der Waals surface area contributed by atoms with E-state index in [-0.39, 0.29) is 16.2 Å². The number of hydrogen-bond acceptors (Lipinski definition) is 0. The van der Waals surface area contributed by atoms with Crippen LogP contribution in [0.5, 0.6) is 0 Å². The van der Waals surface area contributed by atoms with Gasteiger partial charge in [-0.25, -0.2) is 0 Å². The first-order chi connectivity index (χ1) is 12.2. The van der Waals surface area contributed by atoms with Crippen molar-refractivity contribution in [2.75, 3.05) is 0 Å². The second-order valence-electron chi connectivity index (χ2n) is 11.3. The predicted octanol–water partition coefficient (Wildman–Crippen LogP) is 7.93. The molecule has 0 spiro atoms. The third-order valence-electron chi connectivity index (χ3n) is 5.52. The first kappa shape index (κ1) is 21.7. The molecular weight excluding hydrogens is 324 g/mol. The van der Waals surface area contributed by atoms with Crippen molar-refractivity contribution in [3.63, 3.8) is 0 Å². The van der Waals surface area contributed by atoms with Crippen LogP contribution in [0.25, 0.3) is 0 Å². The molecule has 1 unspecified atom stereocenters. The van der Waals surface area contributed by atoms with Crippen LogP contribution in [-0.2, 0) is 22.7 Å². The topological polar surface area (TPSA) is 0 Å². The first-order valence-corrected chi connectivity index (χ1v) is 10.4. The number of rotatable bonds is 3. The molecule has 0 saturated heterocycles. The Hall–Kier alpha value is -1.56. The van der Waals surface area contributed by atoms with E-state index in [1.807, 2.05) is 0 Å². The zero-order chi connectivity index (χ0) is 20.6. The summed E-state index contributed by atoms with van der Waals surface area (Å²) in [7, 11) is 0. The molecule has 2 aromatic carbocycles. The Labute approximate surface area is 168 Å². The molecule has 148 valence electrons. The molecule has 2 aromatic rings. The van der Waals surface area contributed by atoms with Gasteiger partial charge in [0.15, 0.2) is 0 Å². The van der Waals surface area contributed by atoms with Crippen molar-refractivity contribution in [1.29, 1.82) is 0 Å². The lowest BCUT2D eigenvalue weighted by Gasteiger charge is -2.34. The van der Waals surface area contributed by atoms with E-state index < -0.39 is 0 Å². The summed E-state index contributed by atoms with van der Waals surface area (Å²) >= 11 is 0. The van der Waals surface area contributed by atoms with E-state index in [4.69, 9.17) is 0 Å². The van der Waals surface area contributed by atoms with Gasteiger partial charge in [-0.3, -0.25) is 0 Å². The molecule has 0 aliphatic rings. The van der Waals surface area contributed by atoms with E-state index >= 15 is 0 Å². The Kier molecular flexibility index (Phi) is 6.00. The quantitative estimate of drug-likeness (QED) is 0.518. The van der Waals surface area contributed by atoms with Gasteiger partial charge in [0.25, 0.3) is 0 Å². The first-order valence-electron chi connectivity index (χ1n) is 10.4. The number of hydrogen-bond donors (Lipinski definition) is 0. The summed E-state index contributed by atoms with van der Waals surface area (Å²) in [6.45, 7) is 23.3. The fourth-order valence-corrected chi connectivity index (χ4v) is 4.07. The van der Waals surface area contributed by atoms with Gasteiger partial charge < -0.3 is 0 Å². The second kappa shape index (κ2) is 7.46. The van der Waals surface area contributed by atoms with Crippen LogP contribution in [0, 0.1) is 0 Å². The van der Waals surface area contributed by atoms with Gasteiger partial charge in [-0.05, 0) is 56.4 Å². The van der Waals surface area contributed by atoms with Gasteiger partial charge in [0.2, 0.25) is 0 Å². The lowest BCUT2D eigenvalue weighted by molar-refractivity contribution is 0.519.